The van der Waals surface area contributed by atoms with E-state index in [1.54, 1.807) is 6.92 Å². The highest BCUT2D eigenvalue weighted by Crippen LogP contribution is 2.53. The van der Waals surface area contributed by atoms with Crippen LogP contribution < -0.4 is 10.1 Å². The highest BCUT2D eigenvalue weighted by Gasteiger charge is 2.71. The van der Waals surface area contributed by atoms with Gasteiger partial charge in [-0.2, -0.15) is 0 Å². The Morgan fingerprint density at radius 3 is 1.82 bits per heavy atom. The summed E-state index contributed by atoms with van der Waals surface area (Å²) in [5.74, 6) is -6.19. The Balaban J connectivity index is 1.96. The Morgan fingerprint density at radius 1 is 0.900 bits per heavy atom. The standard InChI is InChI=1S/C28H27F2N3O7/c1-3-22-23(16-4-8-18(29)9-5-16)25(32(36)37)24(17-6-10-19(30)11-7-17)26(33(38)39)28(22,35)27(34)31-20-12-14-21(40-2)15-13-20/h4-15,22-26,35H,3H2,1-2H3,(H,31,34)/t22-,23+,24-,25+,26+,28-/m1/s1. The number of amides is 1. The molecule has 2 N–H and O–H groups in total. The molecule has 0 bridgehead atoms. The van der Waals surface area contributed by atoms with Crippen molar-refractivity contribution >= 4 is 11.6 Å². The average molecular weight is 556 g/mol. The zero-order valence-corrected chi connectivity index (χ0v) is 21.6. The molecule has 1 aliphatic rings. The minimum Gasteiger partial charge on any atom is -0.497 e. The summed E-state index contributed by atoms with van der Waals surface area (Å²) in [6.07, 6.45) is -0.0700. The van der Waals surface area contributed by atoms with Crippen molar-refractivity contribution in [3.05, 3.63) is 116 Å². The quantitative estimate of drug-likeness (QED) is 0.307. The predicted octanol–water partition coefficient (Wildman–Crippen LogP) is 4.54. The lowest BCUT2D eigenvalue weighted by Crippen LogP contribution is -2.69. The number of carbonyl (C=O) groups is 1. The molecule has 0 aliphatic heterocycles. The highest BCUT2D eigenvalue weighted by atomic mass is 19.1. The van der Waals surface area contributed by atoms with Crippen molar-refractivity contribution < 1.29 is 33.3 Å². The van der Waals surface area contributed by atoms with E-state index in [4.69, 9.17) is 4.74 Å². The number of hydrogen-bond donors (Lipinski definition) is 2. The first-order valence-electron chi connectivity index (χ1n) is 12.5. The molecular formula is C28H27F2N3O7. The van der Waals surface area contributed by atoms with Crippen LogP contribution in [0.5, 0.6) is 5.75 Å². The van der Waals surface area contributed by atoms with Gasteiger partial charge in [-0.1, -0.05) is 31.2 Å². The van der Waals surface area contributed by atoms with Gasteiger partial charge in [0, 0.05) is 21.5 Å². The number of hydrogen-bond acceptors (Lipinski definition) is 7. The second-order valence-electron chi connectivity index (χ2n) is 9.68. The monoisotopic (exact) mass is 555 g/mol. The van der Waals surface area contributed by atoms with Crippen LogP contribution in [0.25, 0.3) is 0 Å². The van der Waals surface area contributed by atoms with Crippen molar-refractivity contribution in [1.82, 2.24) is 0 Å². The fourth-order valence-corrected chi connectivity index (χ4v) is 5.92. The van der Waals surface area contributed by atoms with Gasteiger partial charge in [0.05, 0.1) is 13.0 Å². The van der Waals surface area contributed by atoms with E-state index in [0.717, 1.165) is 24.3 Å². The fraction of sp³-hybridized carbons (Fsp3) is 0.321. The molecule has 12 heteroatoms. The fourth-order valence-electron chi connectivity index (χ4n) is 5.92. The molecule has 0 unspecified atom stereocenters. The van der Waals surface area contributed by atoms with Crippen molar-refractivity contribution in [2.45, 2.75) is 42.9 Å². The highest BCUT2D eigenvalue weighted by molar-refractivity contribution is 5.98. The minimum absolute atomic E-state index is 0.00198. The van der Waals surface area contributed by atoms with E-state index in [-0.39, 0.29) is 23.2 Å². The number of methoxy groups -OCH3 is 1. The molecule has 40 heavy (non-hydrogen) atoms. The molecule has 0 radical (unpaired) electrons. The molecule has 1 fully saturated rings. The summed E-state index contributed by atoms with van der Waals surface area (Å²) >= 11 is 0. The summed E-state index contributed by atoms with van der Waals surface area (Å²) in [5, 5.41) is 40.1. The predicted molar refractivity (Wildman–Crippen MR) is 140 cm³/mol. The average Bonchev–Trinajstić information content (AvgIpc) is 2.93. The number of nitrogens with one attached hydrogen (secondary N) is 1. The molecule has 0 heterocycles. The van der Waals surface area contributed by atoms with Crippen molar-refractivity contribution in [2.24, 2.45) is 5.92 Å². The van der Waals surface area contributed by atoms with E-state index in [1.807, 2.05) is 0 Å². The van der Waals surface area contributed by atoms with Gasteiger partial charge >= 0.3 is 0 Å². The molecule has 3 aromatic carbocycles. The van der Waals surface area contributed by atoms with Crippen LogP contribution in [0.3, 0.4) is 0 Å². The smallest absolute Gasteiger partial charge is 0.264 e. The van der Waals surface area contributed by atoms with Gasteiger partial charge in [-0.3, -0.25) is 25.0 Å². The van der Waals surface area contributed by atoms with Crippen molar-refractivity contribution in [2.75, 3.05) is 12.4 Å². The van der Waals surface area contributed by atoms with E-state index in [9.17, 15) is 38.9 Å². The molecule has 0 aromatic heterocycles. The molecular weight excluding hydrogens is 528 g/mol. The topological polar surface area (TPSA) is 145 Å². The lowest BCUT2D eigenvalue weighted by molar-refractivity contribution is -0.593. The van der Waals surface area contributed by atoms with Gasteiger partial charge in [-0.25, -0.2) is 8.78 Å². The van der Waals surface area contributed by atoms with Gasteiger partial charge in [0.15, 0.2) is 0 Å². The van der Waals surface area contributed by atoms with Gasteiger partial charge in [0.2, 0.25) is 11.6 Å². The van der Waals surface area contributed by atoms with E-state index in [1.165, 1.54) is 55.6 Å². The van der Waals surface area contributed by atoms with Crippen LogP contribution >= 0.6 is 0 Å². The normalized spacial score (nSPS) is 26.1. The summed E-state index contributed by atoms with van der Waals surface area (Å²) < 4.78 is 32.7. The number of nitrogens with zero attached hydrogens (tertiary/aromatic N) is 2. The van der Waals surface area contributed by atoms with Crippen LogP contribution in [0.1, 0.15) is 36.3 Å². The number of anilines is 1. The lowest BCUT2D eigenvalue weighted by atomic mass is 9.56. The molecule has 6 atom stereocenters. The Kier molecular flexibility index (Phi) is 8.10. The Morgan fingerprint density at radius 2 is 1.40 bits per heavy atom. The largest absolute Gasteiger partial charge is 0.497 e. The van der Waals surface area contributed by atoms with Crippen LogP contribution in [0.15, 0.2) is 72.8 Å². The van der Waals surface area contributed by atoms with Gasteiger partial charge in [-0.15, -0.1) is 0 Å². The maximum absolute atomic E-state index is 13.9. The summed E-state index contributed by atoms with van der Waals surface area (Å²) in [6.45, 7) is 1.55. The first kappa shape index (κ1) is 28.6. The number of ether oxygens (including phenoxy) is 1. The van der Waals surface area contributed by atoms with Crippen LogP contribution in [0.2, 0.25) is 0 Å². The number of benzene rings is 3. The van der Waals surface area contributed by atoms with E-state index >= 15 is 0 Å². The first-order chi connectivity index (χ1) is 19.0. The van der Waals surface area contributed by atoms with Crippen LogP contribution in [0.4, 0.5) is 14.5 Å². The van der Waals surface area contributed by atoms with Crippen LogP contribution in [-0.2, 0) is 4.79 Å². The van der Waals surface area contributed by atoms with Gasteiger partial charge in [-0.05, 0) is 66.1 Å². The van der Waals surface area contributed by atoms with E-state index < -0.39 is 62.8 Å². The maximum Gasteiger partial charge on any atom is 0.264 e. The summed E-state index contributed by atoms with van der Waals surface area (Å²) in [6, 6.07) is 11.2. The zero-order valence-electron chi connectivity index (χ0n) is 21.6. The number of aliphatic hydroxyl groups is 1. The summed E-state index contributed by atoms with van der Waals surface area (Å²) in [7, 11) is 1.45. The van der Waals surface area contributed by atoms with E-state index in [2.05, 4.69) is 5.32 Å². The van der Waals surface area contributed by atoms with Crippen molar-refractivity contribution in [1.29, 1.82) is 0 Å². The van der Waals surface area contributed by atoms with Gasteiger partial charge in [0.1, 0.15) is 23.3 Å². The SMILES string of the molecule is CC[C@@H]1[C@H](c2ccc(F)cc2)[C@H]([N+](=O)[O-])[C@@H](c2ccc(F)cc2)[C@H]([N+](=O)[O-])[C@@]1(O)C(=O)Nc1ccc(OC)cc1. The molecule has 3 aromatic rings. The number of nitro groups is 2. The summed E-state index contributed by atoms with van der Waals surface area (Å²) in [5.41, 5.74) is -2.35. The van der Waals surface area contributed by atoms with Crippen LogP contribution in [-0.4, -0.2) is 45.7 Å². The Bertz CT molecular complexity index is 1390. The van der Waals surface area contributed by atoms with E-state index in [0.29, 0.717) is 5.75 Å². The Hall–Kier alpha value is -4.45. The molecule has 1 aliphatic carbocycles. The second kappa shape index (κ2) is 11.3. The molecule has 4 rings (SSSR count). The molecule has 1 saturated carbocycles. The Labute approximate surface area is 227 Å². The number of rotatable bonds is 8. The third kappa shape index (κ3) is 5.09. The molecule has 0 saturated heterocycles. The van der Waals surface area contributed by atoms with Gasteiger partial charge < -0.3 is 15.2 Å². The maximum atomic E-state index is 13.9. The minimum atomic E-state index is -2.78. The molecule has 10 nitrogen and oxygen atoms in total. The van der Waals surface area contributed by atoms with Gasteiger partial charge in [0.25, 0.3) is 11.9 Å². The van der Waals surface area contributed by atoms with Crippen LogP contribution in [0, 0.1) is 37.8 Å². The second-order valence-corrected chi connectivity index (χ2v) is 9.68. The molecule has 0 spiro atoms. The first-order valence-corrected chi connectivity index (χ1v) is 12.5. The summed E-state index contributed by atoms with van der Waals surface area (Å²) in [4.78, 5) is 37.7. The third-order valence-electron chi connectivity index (χ3n) is 7.66. The van der Waals surface area contributed by atoms with Crippen molar-refractivity contribution in [3.63, 3.8) is 0 Å². The molecule has 1 amide bonds. The molecule has 210 valence electrons. The number of carbonyl (C=O) groups excluding carboxylic acids is 1. The third-order valence-corrected chi connectivity index (χ3v) is 7.66. The number of halogens is 2. The lowest BCUT2D eigenvalue weighted by Gasteiger charge is -2.48. The van der Waals surface area contributed by atoms with Crippen molar-refractivity contribution in [3.8, 4) is 5.75 Å². The zero-order chi connectivity index (χ0) is 29.2.